The van der Waals surface area contributed by atoms with Gasteiger partial charge in [-0.25, -0.2) is 0 Å². The average molecular weight is 413 g/mol. The van der Waals surface area contributed by atoms with Crippen LogP contribution in [-0.2, 0) is 20.7 Å². The van der Waals surface area contributed by atoms with E-state index in [1.54, 1.807) is 35.2 Å². The highest BCUT2D eigenvalue weighted by atomic mass is 16.6. The number of anilines is 1. The molecule has 0 atom stereocenters. The molecule has 158 valence electrons. The van der Waals surface area contributed by atoms with Gasteiger partial charge in [0.05, 0.1) is 18.5 Å². The molecule has 3 rings (SSSR count). The van der Waals surface area contributed by atoms with Crippen molar-refractivity contribution in [1.29, 1.82) is 0 Å². The van der Waals surface area contributed by atoms with Gasteiger partial charge >= 0.3 is 5.97 Å². The maximum Gasteiger partial charge on any atom is 0.310 e. The monoisotopic (exact) mass is 413 g/mol. The van der Waals surface area contributed by atoms with E-state index in [2.05, 4.69) is 4.90 Å². The topological polar surface area (TPSA) is 102 Å². The number of nitro benzene ring substituents is 1. The second kappa shape index (κ2) is 9.73. The second-order valence-corrected chi connectivity index (χ2v) is 6.79. The first-order valence-corrected chi connectivity index (χ1v) is 9.52. The molecule has 0 aromatic heterocycles. The summed E-state index contributed by atoms with van der Waals surface area (Å²) in [6.45, 7) is 1.86. The fourth-order valence-electron chi connectivity index (χ4n) is 3.29. The summed E-state index contributed by atoms with van der Waals surface area (Å²) < 4.78 is 10.4. The number of ether oxygens (including phenoxy) is 2. The zero-order chi connectivity index (χ0) is 21.5. The molecule has 1 aliphatic heterocycles. The minimum Gasteiger partial charge on any atom is -0.496 e. The molecule has 1 fully saturated rings. The first-order chi connectivity index (χ1) is 14.5. The molecular formula is C21H23N3O6. The fraction of sp³-hybridized carbons (Fsp3) is 0.333. The van der Waals surface area contributed by atoms with Crippen molar-refractivity contribution < 1.29 is 24.0 Å². The second-order valence-electron chi connectivity index (χ2n) is 6.79. The summed E-state index contributed by atoms with van der Waals surface area (Å²) in [5.41, 5.74) is 1.62. The molecular weight excluding hydrogens is 390 g/mol. The van der Waals surface area contributed by atoms with Gasteiger partial charge in [0.1, 0.15) is 5.75 Å². The molecule has 0 bridgehead atoms. The van der Waals surface area contributed by atoms with Crippen molar-refractivity contribution in [3.8, 4) is 5.75 Å². The summed E-state index contributed by atoms with van der Waals surface area (Å²) in [4.78, 5) is 38.5. The van der Waals surface area contributed by atoms with Crippen LogP contribution >= 0.6 is 0 Å². The number of hydrogen-bond acceptors (Lipinski definition) is 7. The number of methoxy groups -OCH3 is 1. The molecule has 1 aliphatic rings. The first-order valence-electron chi connectivity index (χ1n) is 9.52. The summed E-state index contributed by atoms with van der Waals surface area (Å²) >= 11 is 0. The highest BCUT2D eigenvalue weighted by Gasteiger charge is 2.23. The SMILES string of the molecule is COc1ccccc1CC(=O)OCC(=O)N1CCN(c2ccc([N+](=O)[O-])cc2)CC1. The molecule has 0 spiro atoms. The van der Waals surface area contributed by atoms with E-state index in [1.807, 2.05) is 6.07 Å². The van der Waals surface area contributed by atoms with Gasteiger partial charge in [-0.3, -0.25) is 19.7 Å². The first kappa shape index (κ1) is 21.1. The van der Waals surface area contributed by atoms with E-state index < -0.39 is 10.9 Å². The van der Waals surface area contributed by atoms with Gasteiger partial charge in [0.15, 0.2) is 6.61 Å². The van der Waals surface area contributed by atoms with E-state index >= 15 is 0 Å². The zero-order valence-electron chi connectivity index (χ0n) is 16.7. The van der Waals surface area contributed by atoms with Crippen molar-refractivity contribution in [2.24, 2.45) is 0 Å². The summed E-state index contributed by atoms with van der Waals surface area (Å²) in [5.74, 6) is -0.132. The number of esters is 1. The van der Waals surface area contributed by atoms with Gasteiger partial charge < -0.3 is 19.3 Å². The number of non-ortho nitro benzene ring substituents is 1. The van der Waals surface area contributed by atoms with Crippen LogP contribution in [0.3, 0.4) is 0 Å². The van der Waals surface area contributed by atoms with Crippen LogP contribution in [0.1, 0.15) is 5.56 Å². The normalized spacial score (nSPS) is 13.6. The Labute approximate surface area is 173 Å². The number of benzene rings is 2. The van der Waals surface area contributed by atoms with E-state index in [0.29, 0.717) is 37.5 Å². The Morgan fingerprint density at radius 1 is 1.03 bits per heavy atom. The number of carbonyl (C=O) groups is 2. The molecule has 0 aliphatic carbocycles. The van der Waals surface area contributed by atoms with Crippen molar-refractivity contribution in [2.45, 2.75) is 6.42 Å². The van der Waals surface area contributed by atoms with Crippen LogP contribution in [0.25, 0.3) is 0 Å². The van der Waals surface area contributed by atoms with Crippen LogP contribution in [0.5, 0.6) is 5.75 Å². The average Bonchev–Trinajstić information content (AvgIpc) is 2.78. The summed E-state index contributed by atoms with van der Waals surface area (Å²) in [7, 11) is 1.53. The lowest BCUT2D eigenvalue weighted by Crippen LogP contribution is -2.49. The molecule has 0 radical (unpaired) electrons. The van der Waals surface area contributed by atoms with Gasteiger partial charge in [-0.1, -0.05) is 18.2 Å². The number of carbonyl (C=O) groups excluding carboxylic acids is 2. The lowest BCUT2D eigenvalue weighted by molar-refractivity contribution is -0.384. The van der Waals surface area contributed by atoms with Crippen LogP contribution in [0.15, 0.2) is 48.5 Å². The van der Waals surface area contributed by atoms with Crippen molar-refractivity contribution in [1.82, 2.24) is 4.90 Å². The lowest BCUT2D eigenvalue weighted by atomic mass is 10.1. The molecule has 1 heterocycles. The summed E-state index contributed by atoms with van der Waals surface area (Å²) in [6.07, 6.45) is 0.0330. The Morgan fingerprint density at radius 3 is 2.33 bits per heavy atom. The van der Waals surface area contributed by atoms with Crippen LogP contribution in [-0.4, -0.2) is 61.6 Å². The van der Waals surface area contributed by atoms with Crippen molar-refractivity contribution in [3.63, 3.8) is 0 Å². The highest BCUT2D eigenvalue weighted by Crippen LogP contribution is 2.21. The third-order valence-corrected chi connectivity index (χ3v) is 4.94. The molecule has 1 saturated heterocycles. The van der Waals surface area contributed by atoms with Gasteiger partial charge in [0.25, 0.3) is 11.6 Å². The van der Waals surface area contributed by atoms with Crippen molar-refractivity contribution in [2.75, 3.05) is 44.8 Å². The van der Waals surface area contributed by atoms with Crippen LogP contribution in [0.4, 0.5) is 11.4 Å². The predicted molar refractivity (Wildman–Crippen MR) is 110 cm³/mol. The Morgan fingerprint density at radius 2 is 1.70 bits per heavy atom. The summed E-state index contributed by atoms with van der Waals surface area (Å²) in [6, 6.07) is 13.5. The van der Waals surface area contributed by atoms with Gasteiger partial charge in [-0.15, -0.1) is 0 Å². The molecule has 1 amide bonds. The Kier molecular flexibility index (Phi) is 6.84. The Balaban J connectivity index is 1.45. The third-order valence-electron chi connectivity index (χ3n) is 4.94. The molecule has 0 N–H and O–H groups in total. The maximum atomic E-state index is 12.4. The number of para-hydroxylation sites is 1. The smallest absolute Gasteiger partial charge is 0.310 e. The van der Waals surface area contributed by atoms with Gasteiger partial charge in [-0.2, -0.15) is 0 Å². The minimum absolute atomic E-state index is 0.0330. The van der Waals surface area contributed by atoms with E-state index in [4.69, 9.17) is 9.47 Å². The number of piperazine rings is 1. The van der Waals surface area contributed by atoms with E-state index in [9.17, 15) is 19.7 Å². The van der Waals surface area contributed by atoms with Gasteiger partial charge in [0, 0.05) is 49.6 Å². The standard InChI is InChI=1S/C21H23N3O6/c1-29-19-5-3-2-4-16(19)14-21(26)30-15-20(25)23-12-10-22(11-13-23)17-6-8-18(9-7-17)24(27)28/h2-9H,10-15H2,1H3. The number of nitro groups is 1. The molecule has 2 aromatic rings. The number of amides is 1. The Hall–Kier alpha value is -3.62. The molecule has 9 nitrogen and oxygen atoms in total. The quantitative estimate of drug-likeness (QED) is 0.389. The van der Waals surface area contributed by atoms with Crippen LogP contribution < -0.4 is 9.64 Å². The molecule has 0 saturated carbocycles. The number of nitrogens with zero attached hydrogens (tertiary/aromatic N) is 3. The van der Waals surface area contributed by atoms with E-state index in [-0.39, 0.29) is 24.6 Å². The molecule has 9 heteroatoms. The van der Waals surface area contributed by atoms with E-state index in [1.165, 1.54) is 19.2 Å². The molecule has 30 heavy (non-hydrogen) atoms. The Bertz CT molecular complexity index is 907. The van der Waals surface area contributed by atoms with Crippen LogP contribution in [0.2, 0.25) is 0 Å². The fourth-order valence-corrected chi connectivity index (χ4v) is 3.29. The van der Waals surface area contributed by atoms with Gasteiger partial charge in [-0.05, 0) is 18.2 Å². The molecule has 2 aromatic carbocycles. The van der Waals surface area contributed by atoms with Crippen molar-refractivity contribution >= 4 is 23.3 Å². The highest BCUT2D eigenvalue weighted by molar-refractivity contribution is 5.81. The minimum atomic E-state index is -0.489. The lowest BCUT2D eigenvalue weighted by Gasteiger charge is -2.36. The molecule has 0 unspecified atom stereocenters. The van der Waals surface area contributed by atoms with E-state index in [0.717, 1.165) is 5.69 Å². The van der Waals surface area contributed by atoms with Crippen molar-refractivity contribution in [3.05, 3.63) is 64.2 Å². The van der Waals surface area contributed by atoms with Gasteiger partial charge in [0.2, 0.25) is 0 Å². The third kappa shape index (κ3) is 5.25. The maximum absolute atomic E-state index is 12.4. The largest absolute Gasteiger partial charge is 0.496 e. The number of rotatable bonds is 7. The van der Waals surface area contributed by atoms with Crippen LogP contribution in [0, 0.1) is 10.1 Å². The predicted octanol–water partition coefficient (Wildman–Crippen LogP) is 2.04. The number of hydrogen-bond donors (Lipinski definition) is 0. The zero-order valence-corrected chi connectivity index (χ0v) is 16.7. The summed E-state index contributed by atoms with van der Waals surface area (Å²) in [5, 5.41) is 10.8.